The lowest BCUT2D eigenvalue weighted by atomic mass is 10.0. The minimum Gasteiger partial charge on any atom is -0.477 e. The molecule has 1 saturated heterocycles. The van der Waals surface area contributed by atoms with E-state index in [9.17, 15) is 28.3 Å². The van der Waals surface area contributed by atoms with Crippen molar-refractivity contribution in [1.29, 1.82) is 0 Å². The van der Waals surface area contributed by atoms with Crippen LogP contribution in [-0.2, 0) is 4.79 Å². The van der Waals surface area contributed by atoms with Gasteiger partial charge in [-0.05, 0) is 6.92 Å². The first-order chi connectivity index (χ1) is 13.3. The number of nitrogens with zero attached hydrogens (tertiary/aromatic N) is 4. The van der Waals surface area contributed by atoms with E-state index in [-0.39, 0.29) is 46.6 Å². The van der Waals surface area contributed by atoms with E-state index in [0.717, 1.165) is 18.7 Å². The van der Waals surface area contributed by atoms with Crippen molar-refractivity contribution in [1.82, 2.24) is 14.5 Å². The zero-order valence-electron chi connectivity index (χ0n) is 14.3. The molecule has 3 aromatic heterocycles. The topological polar surface area (TPSA) is 105 Å². The lowest BCUT2D eigenvalue weighted by molar-refractivity contribution is -0.111. The molecule has 0 spiro atoms. The van der Waals surface area contributed by atoms with E-state index in [1.54, 1.807) is 4.90 Å². The lowest BCUT2D eigenvalue weighted by Crippen LogP contribution is -2.48. The van der Waals surface area contributed by atoms with Crippen molar-refractivity contribution in [3.63, 3.8) is 0 Å². The highest BCUT2D eigenvalue weighted by molar-refractivity contribution is 7.12. The van der Waals surface area contributed by atoms with Gasteiger partial charge in [0.2, 0.25) is 5.43 Å². The van der Waals surface area contributed by atoms with Crippen molar-refractivity contribution < 1.29 is 23.5 Å². The molecular formula is C17H12F2N4O4S. The van der Waals surface area contributed by atoms with Crippen molar-refractivity contribution in [2.75, 3.05) is 18.0 Å². The maximum absolute atomic E-state index is 14.9. The van der Waals surface area contributed by atoms with Crippen LogP contribution in [0.2, 0.25) is 0 Å². The molecule has 1 aliphatic rings. The van der Waals surface area contributed by atoms with E-state index < -0.39 is 27.9 Å². The minimum absolute atomic E-state index is 0.0344. The summed E-state index contributed by atoms with van der Waals surface area (Å²) in [5.41, 5.74) is -1.60. The second-order valence-electron chi connectivity index (χ2n) is 6.37. The Bertz CT molecular complexity index is 1200. The van der Waals surface area contributed by atoms with Crippen LogP contribution < -0.4 is 10.3 Å². The van der Waals surface area contributed by atoms with Gasteiger partial charge in [0, 0.05) is 30.8 Å². The van der Waals surface area contributed by atoms with Gasteiger partial charge in [-0.1, -0.05) is 11.3 Å². The van der Waals surface area contributed by atoms with E-state index in [2.05, 4.69) is 9.97 Å². The Balaban J connectivity index is 2.05. The molecule has 4 rings (SSSR count). The van der Waals surface area contributed by atoms with Crippen LogP contribution in [-0.4, -0.2) is 45.0 Å². The Kier molecular flexibility index (Phi) is 4.18. The second kappa shape index (κ2) is 6.44. The van der Waals surface area contributed by atoms with Gasteiger partial charge in [0.25, 0.3) is 0 Å². The van der Waals surface area contributed by atoms with Gasteiger partial charge in [-0.3, -0.25) is 9.36 Å². The average molecular weight is 406 g/mol. The van der Waals surface area contributed by atoms with Crippen LogP contribution in [0.25, 0.3) is 16.2 Å². The number of aromatic carboxylic acids is 1. The molecule has 0 amide bonds. The van der Waals surface area contributed by atoms with Crippen molar-refractivity contribution in [3.05, 3.63) is 44.7 Å². The van der Waals surface area contributed by atoms with Crippen LogP contribution >= 0.6 is 11.3 Å². The molecule has 0 bridgehead atoms. The fraction of sp³-hybridized carbons (Fsp3) is 0.235. The quantitative estimate of drug-likeness (QED) is 0.658. The molecule has 11 heteroatoms. The monoisotopic (exact) mass is 406 g/mol. The number of carbonyl (C=O) groups excluding carboxylic acids is 1. The number of halogens is 2. The minimum atomic E-state index is -1.50. The van der Waals surface area contributed by atoms with E-state index >= 15 is 0 Å². The van der Waals surface area contributed by atoms with Crippen molar-refractivity contribution in [3.8, 4) is 5.13 Å². The van der Waals surface area contributed by atoms with Crippen LogP contribution in [0.1, 0.15) is 15.9 Å². The predicted molar refractivity (Wildman–Crippen MR) is 96.4 cm³/mol. The molecule has 1 fully saturated rings. The summed E-state index contributed by atoms with van der Waals surface area (Å²) in [6, 6.07) is 0. The van der Waals surface area contributed by atoms with Gasteiger partial charge in [0.1, 0.15) is 11.8 Å². The molecule has 4 heterocycles. The summed E-state index contributed by atoms with van der Waals surface area (Å²) in [5.74, 6) is -2.57. The zero-order valence-corrected chi connectivity index (χ0v) is 15.2. The summed E-state index contributed by atoms with van der Waals surface area (Å²) in [5, 5.41) is 8.56. The van der Waals surface area contributed by atoms with Gasteiger partial charge in [-0.25, -0.2) is 19.2 Å². The fourth-order valence-electron chi connectivity index (χ4n) is 3.12. The Labute approximate surface area is 159 Å². The number of aromatic nitrogens is 3. The molecule has 0 atom stereocenters. The largest absolute Gasteiger partial charge is 0.477 e. The molecule has 0 saturated carbocycles. The molecule has 8 nitrogen and oxygen atoms in total. The van der Waals surface area contributed by atoms with Crippen LogP contribution in [0.15, 0.2) is 17.2 Å². The number of aryl methyl sites for hydroxylation is 1. The fourth-order valence-corrected chi connectivity index (χ4v) is 3.74. The van der Waals surface area contributed by atoms with Crippen LogP contribution in [0, 0.1) is 23.8 Å². The lowest BCUT2D eigenvalue weighted by Gasteiger charge is -2.37. The highest BCUT2D eigenvalue weighted by Gasteiger charge is 2.32. The number of hydrogen-bond acceptors (Lipinski definition) is 7. The molecular weight excluding hydrogens is 394 g/mol. The van der Waals surface area contributed by atoms with Gasteiger partial charge in [0.05, 0.1) is 11.6 Å². The normalized spacial score (nSPS) is 14.3. The molecule has 1 N–H and O–H groups in total. The van der Waals surface area contributed by atoms with Crippen LogP contribution in [0.3, 0.4) is 0 Å². The maximum Gasteiger partial charge on any atom is 0.341 e. The third-order valence-electron chi connectivity index (χ3n) is 4.60. The van der Waals surface area contributed by atoms with Gasteiger partial charge in [0.15, 0.2) is 27.5 Å². The summed E-state index contributed by atoms with van der Waals surface area (Å²) >= 11 is 0.627. The van der Waals surface area contributed by atoms with Crippen molar-refractivity contribution in [2.24, 2.45) is 5.92 Å². The van der Waals surface area contributed by atoms with E-state index in [1.807, 2.05) is 0 Å². The third kappa shape index (κ3) is 2.66. The van der Waals surface area contributed by atoms with E-state index in [0.29, 0.717) is 11.3 Å². The number of anilines is 1. The first-order valence-corrected chi connectivity index (χ1v) is 8.94. The smallest absolute Gasteiger partial charge is 0.341 e. The molecule has 28 heavy (non-hydrogen) atoms. The first-order valence-electron chi connectivity index (χ1n) is 8.12. The van der Waals surface area contributed by atoms with E-state index in [4.69, 9.17) is 0 Å². The number of aldehydes is 1. The summed E-state index contributed by atoms with van der Waals surface area (Å²) in [7, 11) is 0. The van der Waals surface area contributed by atoms with Gasteiger partial charge in [-0.15, -0.1) is 0 Å². The Morgan fingerprint density at radius 1 is 1.39 bits per heavy atom. The summed E-state index contributed by atoms with van der Waals surface area (Å²) in [6.07, 6.45) is 2.73. The zero-order chi connectivity index (χ0) is 20.2. The number of fused-ring (bicyclic) bond motifs is 1. The second-order valence-corrected chi connectivity index (χ2v) is 7.33. The number of carboxylic acid groups (broad SMARTS) is 1. The molecule has 3 aromatic rings. The Hall–Kier alpha value is -3.21. The average Bonchev–Trinajstić information content (AvgIpc) is 3.04. The third-order valence-corrected chi connectivity index (χ3v) is 5.38. The van der Waals surface area contributed by atoms with Crippen molar-refractivity contribution in [2.45, 2.75) is 6.92 Å². The molecule has 0 unspecified atom stereocenters. The number of thiazole rings is 1. The molecule has 0 radical (unpaired) electrons. The molecule has 1 aliphatic heterocycles. The molecule has 0 aliphatic carbocycles. The van der Waals surface area contributed by atoms with Gasteiger partial charge >= 0.3 is 5.97 Å². The van der Waals surface area contributed by atoms with Gasteiger partial charge in [-0.2, -0.15) is 4.39 Å². The maximum atomic E-state index is 14.9. The Morgan fingerprint density at radius 2 is 2.11 bits per heavy atom. The number of pyridine rings is 2. The summed E-state index contributed by atoms with van der Waals surface area (Å²) in [6.45, 7) is 1.91. The number of hydrogen-bond donors (Lipinski definition) is 1. The van der Waals surface area contributed by atoms with Crippen LogP contribution in [0.4, 0.5) is 14.6 Å². The SMILES string of the molecule is Cc1c(F)c(N2CC(C=O)C2)nc2c1c(=O)c(C(=O)O)cn2-c1ncc(F)s1. The number of carbonyl (C=O) groups is 2. The standard InChI is InChI=1S/C17H12F2N4O4S/c1-7-11-13(25)9(16(26)27)5-23(17-20-2-10(18)28-17)14(11)21-15(12(7)19)22-3-8(4-22)6-24/h2,5-6,8H,3-4H2,1H3,(H,26,27). The first kappa shape index (κ1) is 18.2. The summed E-state index contributed by atoms with van der Waals surface area (Å²) < 4.78 is 29.6. The van der Waals surface area contributed by atoms with Gasteiger partial charge < -0.3 is 14.8 Å². The van der Waals surface area contributed by atoms with E-state index in [1.165, 1.54) is 11.5 Å². The summed E-state index contributed by atoms with van der Waals surface area (Å²) in [4.78, 5) is 44.6. The van der Waals surface area contributed by atoms with Crippen molar-refractivity contribution >= 4 is 40.4 Å². The molecule has 144 valence electrons. The van der Waals surface area contributed by atoms with Crippen LogP contribution in [0.5, 0.6) is 0 Å². The highest BCUT2D eigenvalue weighted by atomic mass is 32.1. The highest BCUT2D eigenvalue weighted by Crippen LogP contribution is 2.31. The predicted octanol–water partition coefficient (Wildman–Crippen LogP) is 1.76. The number of carboxylic acids is 1. The molecule has 0 aromatic carbocycles. The number of rotatable bonds is 4. The Morgan fingerprint density at radius 3 is 2.68 bits per heavy atom.